The second-order valence-corrected chi connectivity index (χ2v) is 4.90. The number of allylic oxidation sites excluding steroid dienone is 1. The normalized spacial score (nSPS) is 29.0. The van der Waals surface area contributed by atoms with E-state index in [1.807, 2.05) is 13.8 Å². The molecule has 0 aromatic rings. The number of hydrogen-bond acceptors (Lipinski definition) is 2. The summed E-state index contributed by atoms with van der Waals surface area (Å²) in [6.45, 7) is 14.0. The fourth-order valence-electron chi connectivity index (χ4n) is 2.75. The highest BCUT2D eigenvalue weighted by molar-refractivity contribution is 5.01. The van der Waals surface area contributed by atoms with Gasteiger partial charge in [-0.15, -0.1) is 0 Å². The van der Waals surface area contributed by atoms with E-state index < -0.39 is 0 Å². The Morgan fingerprint density at radius 3 is 2.25 bits per heavy atom. The van der Waals surface area contributed by atoms with Crippen LogP contribution in [0, 0.1) is 11.8 Å². The van der Waals surface area contributed by atoms with Crippen LogP contribution in [0.15, 0.2) is 12.2 Å². The topological polar surface area (TPSA) is 18.5 Å². The molecule has 16 heavy (non-hydrogen) atoms. The molecule has 1 rings (SSSR count). The third-order valence-electron chi connectivity index (χ3n) is 3.70. The van der Waals surface area contributed by atoms with E-state index in [-0.39, 0.29) is 5.79 Å². The average Bonchev–Trinajstić information content (AvgIpc) is 2.22. The minimum absolute atomic E-state index is 0.338. The van der Waals surface area contributed by atoms with Crippen LogP contribution < -0.4 is 0 Å². The molecule has 0 aromatic heterocycles. The molecular formula is C14H26O2. The molecular weight excluding hydrogens is 200 g/mol. The van der Waals surface area contributed by atoms with Crippen molar-refractivity contribution in [2.45, 2.75) is 52.7 Å². The fourth-order valence-corrected chi connectivity index (χ4v) is 2.75. The molecule has 0 amide bonds. The van der Waals surface area contributed by atoms with Crippen LogP contribution in [-0.4, -0.2) is 19.0 Å². The molecule has 0 bridgehead atoms. The van der Waals surface area contributed by atoms with Crippen LogP contribution in [0.2, 0.25) is 0 Å². The first kappa shape index (κ1) is 13.7. The van der Waals surface area contributed by atoms with E-state index in [1.165, 1.54) is 5.57 Å². The summed E-state index contributed by atoms with van der Waals surface area (Å²) in [5.41, 5.74) is 1.30. The summed E-state index contributed by atoms with van der Waals surface area (Å²) in [6, 6.07) is 0. The quantitative estimate of drug-likeness (QED) is 0.525. The van der Waals surface area contributed by atoms with E-state index in [9.17, 15) is 0 Å². The minimum atomic E-state index is -0.338. The summed E-state index contributed by atoms with van der Waals surface area (Å²) >= 11 is 0. The fraction of sp³-hybridized carbons (Fsp3) is 0.857. The number of rotatable bonds is 5. The van der Waals surface area contributed by atoms with E-state index in [0.717, 1.165) is 32.5 Å². The predicted molar refractivity (Wildman–Crippen MR) is 67.3 cm³/mol. The second-order valence-electron chi connectivity index (χ2n) is 4.90. The van der Waals surface area contributed by atoms with Gasteiger partial charge in [0.25, 0.3) is 0 Å². The molecule has 1 saturated carbocycles. The lowest BCUT2D eigenvalue weighted by Gasteiger charge is -2.44. The lowest BCUT2D eigenvalue weighted by atomic mass is 9.75. The summed E-state index contributed by atoms with van der Waals surface area (Å²) in [5.74, 6) is 0.752. The lowest BCUT2D eigenvalue weighted by molar-refractivity contribution is -0.276. The first-order valence-electron chi connectivity index (χ1n) is 6.49. The molecule has 0 spiro atoms. The zero-order chi connectivity index (χ0) is 12.2. The molecule has 2 nitrogen and oxygen atoms in total. The first-order chi connectivity index (χ1) is 7.55. The summed E-state index contributed by atoms with van der Waals surface area (Å²) in [5, 5.41) is 0. The number of ether oxygens (including phenoxy) is 2. The van der Waals surface area contributed by atoms with Crippen molar-refractivity contribution in [2.24, 2.45) is 11.8 Å². The molecule has 1 aliphatic carbocycles. The highest BCUT2D eigenvalue weighted by atomic mass is 16.7. The van der Waals surface area contributed by atoms with Gasteiger partial charge in [-0.25, -0.2) is 0 Å². The molecule has 0 saturated heterocycles. The smallest absolute Gasteiger partial charge is 0.170 e. The predicted octanol–water partition coefficient (Wildman–Crippen LogP) is 3.77. The molecule has 2 unspecified atom stereocenters. The SMILES string of the molecule is C=C(C)C1CCC(OCC)(OCC)C(C)C1. The van der Waals surface area contributed by atoms with Crippen LogP contribution in [0.1, 0.15) is 47.0 Å². The maximum absolute atomic E-state index is 5.90. The summed E-state index contributed by atoms with van der Waals surface area (Å²) in [7, 11) is 0. The molecule has 0 aliphatic heterocycles. The summed E-state index contributed by atoms with van der Waals surface area (Å²) in [6.07, 6.45) is 3.27. The van der Waals surface area contributed by atoms with Crippen molar-refractivity contribution in [2.75, 3.05) is 13.2 Å². The van der Waals surface area contributed by atoms with Crippen LogP contribution in [0.5, 0.6) is 0 Å². The van der Waals surface area contributed by atoms with Crippen molar-refractivity contribution in [3.63, 3.8) is 0 Å². The summed E-state index contributed by atoms with van der Waals surface area (Å²) < 4.78 is 11.8. The van der Waals surface area contributed by atoms with E-state index >= 15 is 0 Å². The zero-order valence-electron chi connectivity index (χ0n) is 11.2. The largest absolute Gasteiger partial charge is 0.350 e. The molecule has 0 N–H and O–H groups in total. The average molecular weight is 226 g/mol. The maximum atomic E-state index is 5.90. The van der Waals surface area contributed by atoms with Gasteiger partial charge in [0.2, 0.25) is 0 Å². The highest BCUT2D eigenvalue weighted by Gasteiger charge is 2.42. The van der Waals surface area contributed by atoms with Gasteiger partial charge in [-0.3, -0.25) is 0 Å². The van der Waals surface area contributed by atoms with Gasteiger partial charge in [-0.1, -0.05) is 19.1 Å². The van der Waals surface area contributed by atoms with Gasteiger partial charge in [-0.2, -0.15) is 0 Å². The highest BCUT2D eigenvalue weighted by Crippen LogP contribution is 2.42. The van der Waals surface area contributed by atoms with E-state index in [2.05, 4.69) is 20.4 Å². The van der Waals surface area contributed by atoms with Crippen LogP contribution in [0.25, 0.3) is 0 Å². The monoisotopic (exact) mass is 226 g/mol. The van der Waals surface area contributed by atoms with Gasteiger partial charge >= 0.3 is 0 Å². The maximum Gasteiger partial charge on any atom is 0.170 e. The van der Waals surface area contributed by atoms with Gasteiger partial charge < -0.3 is 9.47 Å². The van der Waals surface area contributed by atoms with Crippen LogP contribution in [0.3, 0.4) is 0 Å². The Morgan fingerprint density at radius 1 is 1.31 bits per heavy atom. The van der Waals surface area contributed by atoms with E-state index in [0.29, 0.717) is 11.8 Å². The van der Waals surface area contributed by atoms with Crippen molar-refractivity contribution in [1.29, 1.82) is 0 Å². The first-order valence-corrected chi connectivity index (χ1v) is 6.49. The van der Waals surface area contributed by atoms with E-state index in [1.54, 1.807) is 0 Å². The zero-order valence-corrected chi connectivity index (χ0v) is 11.2. The van der Waals surface area contributed by atoms with Crippen LogP contribution in [0.4, 0.5) is 0 Å². The Bertz CT molecular complexity index is 229. The third kappa shape index (κ3) is 2.86. The standard InChI is InChI=1S/C14H26O2/c1-6-15-14(16-7-2)9-8-13(11(3)4)10-12(14)5/h12-13H,3,6-10H2,1-2,4-5H3. The van der Waals surface area contributed by atoms with Crippen LogP contribution in [-0.2, 0) is 9.47 Å². The molecule has 0 radical (unpaired) electrons. The minimum Gasteiger partial charge on any atom is -0.350 e. The molecule has 2 heteroatoms. The molecule has 1 fully saturated rings. The van der Waals surface area contributed by atoms with E-state index in [4.69, 9.17) is 9.47 Å². The summed E-state index contributed by atoms with van der Waals surface area (Å²) in [4.78, 5) is 0. The molecule has 2 atom stereocenters. The Kier molecular flexibility index (Phi) is 5.00. The van der Waals surface area contributed by atoms with Gasteiger partial charge in [0.1, 0.15) is 0 Å². The molecule has 1 aliphatic rings. The van der Waals surface area contributed by atoms with Crippen molar-refractivity contribution in [3.8, 4) is 0 Å². The van der Waals surface area contributed by atoms with Gasteiger partial charge in [0.05, 0.1) is 0 Å². The van der Waals surface area contributed by atoms with Gasteiger partial charge in [0.15, 0.2) is 5.79 Å². The van der Waals surface area contributed by atoms with Crippen molar-refractivity contribution in [1.82, 2.24) is 0 Å². The van der Waals surface area contributed by atoms with Crippen molar-refractivity contribution in [3.05, 3.63) is 12.2 Å². The molecule has 0 aromatic carbocycles. The van der Waals surface area contributed by atoms with Gasteiger partial charge in [0, 0.05) is 25.6 Å². The molecule has 0 heterocycles. The Balaban J connectivity index is 2.70. The Morgan fingerprint density at radius 2 is 1.88 bits per heavy atom. The Hall–Kier alpha value is -0.340. The van der Waals surface area contributed by atoms with Gasteiger partial charge in [-0.05, 0) is 39.5 Å². The lowest BCUT2D eigenvalue weighted by Crippen LogP contribution is -2.46. The third-order valence-corrected chi connectivity index (χ3v) is 3.70. The Labute approximate surface area is 100 Å². The number of hydrogen-bond donors (Lipinski definition) is 0. The second kappa shape index (κ2) is 5.83. The molecule has 94 valence electrons. The van der Waals surface area contributed by atoms with Crippen molar-refractivity contribution >= 4 is 0 Å². The van der Waals surface area contributed by atoms with Crippen LogP contribution >= 0.6 is 0 Å². The van der Waals surface area contributed by atoms with Crippen molar-refractivity contribution < 1.29 is 9.47 Å².